The fraction of sp³-hybridized carbons (Fsp3) is 0.0952. The molecule has 0 aliphatic carbocycles. The van der Waals surface area contributed by atoms with E-state index in [0.717, 1.165) is 22.1 Å². The smallest absolute Gasteiger partial charge is 0.360 e. The number of benzene rings is 2. The molecule has 0 aliphatic heterocycles. The molecule has 0 amide bonds. The summed E-state index contributed by atoms with van der Waals surface area (Å²) in [6, 6.07) is 19.2. The molecular formula is C21H16ClN3O3S. The van der Waals surface area contributed by atoms with Crippen molar-refractivity contribution in [2.24, 2.45) is 0 Å². The van der Waals surface area contributed by atoms with Crippen LogP contribution < -0.4 is 0 Å². The second kappa shape index (κ2) is 8.55. The van der Waals surface area contributed by atoms with Crippen LogP contribution in [0.5, 0.6) is 0 Å². The van der Waals surface area contributed by atoms with E-state index in [1.165, 1.54) is 18.9 Å². The molecule has 2 aromatic carbocycles. The fourth-order valence-electron chi connectivity index (χ4n) is 2.83. The molecule has 0 atom stereocenters. The molecule has 0 aliphatic rings. The zero-order valence-electron chi connectivity index (χ0n) is 15.4. The molecule has 0 radical (unpaired) electrons. The third-order valence-electron chi connectivity index (χ3n) is 4.16. The monoisotopic (exact) mass is 425 g/mol. The molecule has 6 nitrogen and oxygen atoms in total. The fourth-order valence-corrected chi connectivity index (χ4v) is 3.88. The molecule has 8 heteroatoms. The van der Waals surface area contributed by atoms with Crippen molar-refractivity contribution < 1.29 is 14.1 Å². The van der Waals surface area contributed by atoms with E-state index in [2.05, 4.69) is 14.9 Å². The standard InChI is InChI=1S/C21H16ClN3O3S/c1-27-20(26)18-11-17(28-24-18)13-29-21-23-12-19(14-6-3-2-4-7-14)25(21)16-9-5-8-15(22)10-16/h2-12H,13H2,1H3. The van der Waals surface area contributed by atoms with Crippen LogP contribution in [0, 0.1) is 0 Å². The second-order valence-electron chi connectivity index (χ2n) is 6.07. The van der Waals surface area contributed by atoms with Gasteiger partial charge in [0.05, 0.1) is 24.8 Å². The highest BCUT2D eigenvalue weighted by atomic mass is 35.5. The number of ether oxygens (including phenoxy) is 1. The van der Waals surface area contributed by atoms with Gasteiger partial charge >= 0.3 is 5.97 Å². The van der Waals surface area contributed by atoms with Gasteiger partial charge in [-0.25, -0.2) is 9.78 Å². The van der Waals surface area contributed by atoms with Gasteiger partial charge in [0.25, 0.3) is 0 Å². The predicted octanol–water partition coefficient (Wildman–Crippen LogP) is 5.26. The van der Waals surface area contributed by atoms with Gasteiger partial charge in [0.15, 0.2) is 10.9 Å². The largest absolute Gasteiger partial charge is 0.464 e. The van der Waals surface area contributed by atoms with Crippen LogP contribution in [-0.2, 0) is 10.5 Å². The summed E-state index contributed by atoms with van der Waals surface area (Å²) in [5, 5.41) is 5.15. The van der Waals surface area contributed by atoms with Gasteiger partial charge in [0, 0.05) is 22.3 Å². The minimum Gasteiger partial charge on any atom is -0.464 e. The molecular weight excluding hydrogens is 410 g/mol. The van der Waals surface area contributed by atoms with Crippen LogP contribution in [0.1, 0.15) is 16.2 Å². The summed E-state index contributed by atoms with van der Waals surface area (Å²) in [4.78, 5) is 16.2. The van der Waals surface area contributed by atoms with Crippen molar-refractivity contribution in [2.45, 2.75) is 10.9 Å². The summed E-state index contributed by atoms with van der Waals surface area (Å²) in [6.45, 7) is 0. The maximum atomic E-state index is 11.6. The Balaban J connectivity index is 1.67. The Morgan fingerprint density at radius 2 is 2.00 bits per heavy atom. The summed E-state index contributed by atoms with van der Waals surface area (Å²) in [7, 11) is 1.30. The van der Waals surface area contributed by atoms with Gasteiger partial charge in [-0.1, -0.05) is 64.9 Å². The van der Waals surface area contributed by atoms with E-state index >= 15 is 0 Å². The first kappa shape index (κ1) is 19.3. The lowest BCUT2D eigenvalue weighted by molar-refractivity contribution is 0.0589. The highest BCUT2D eigenvalue weighted by Gasteiger charge is 2.17. The third kappa shape index (κ3) is 4.21. The van der Waals surface area contributed by atoms with E-state index in [4.69, 9.17) is 16.1 Å². The van der Waals surface area contributed by atoms with Crippen molar-refractivity contribution in [1.82, 2.24) is 14.7 Å². The van der Waals surface area contributed by atoms with Crippen molar-refractivity contribution in [3.8, 4) is 16.9 Å². The Labute approximate surface area is 176 Å². The van der Waals surface area contributed by atoms with E-state index in [1.807, 2.05) is 65.4 Å². The molecule has 29 heavy (non-hydrogen) atoms. The topological polar surface area (TPSA) is 70.2 Å². The Morgan fingerprint density at radius 3 is 2.76 bits per heavy atom. The highest BCUT2D eigenvalue weighted by molar-refractivity contribution is 7.98. The number of methoxy groups -OCH3 is 1. The quantitative estimate of drug-likeness (QED) is 0.310. The van der Waals surface area contributed by atoms with Crippen LogP contribution in [0.3, 0.4) is 0 Å². The maximum absolute atomic E-state index is 11.6. The predicted molar refractivity (Wildman–Crippen MR) is 111 cm³/mol. The minimum absolute atomic E-state index is 0.145. The van der Waals surface area contributed by atoms with Gasteiger partial charge < -0.3 is 9.26 Å². The molecule has 0 saturated carbocycles. The maximum Gasteiger partial charge on any atom is 0.360 e. The van der Waals surface area contributed by atoms with E-state index in [0.29, 0.717) is 16.5 Å². The van der Waals surface area contributed by atoms with Crippen LogP contribution in [0.4, 0.5) is 0 Å². The number of carbonyl (C=O) groups is 1. The number of rotatable bonds is 6. The zero-order chi connectivity index (χ0) is 20.2. The number of esters is 1. The molecule has 4 rings (SSSR count). The highest BCUT2D eigenvalue weighted by Crippen LogP contribution is 2.32. The molecule has 0 saturated heterocycles. The summed E-state index contributed by atoms with van der Waals surface area (Å²) < 4.78 is 11.9. The molecule has 2 aromatic heterocycles. The number of hydrogen-bond donors (Lipinski definition) is 0. The van der Waals surface area contributed by atoms with Crippen molar-refractivity contribution in [3.63, 3.8) is 0 Å². The molecule has 0 unspecified atom stereocenters. The number of hydrogen-bond acceptors (Lipinski definition) is 6. The molecule has 2 heterocycles. The third-order valence-corrected chi connectivity index (χ3v) is 5.37. The molecule has 0 spiro atoms. The number of aromatic nitrogens is 3. The zero-order valence-corrected chi connectivity index (χ0v) is 17.0. The summed E-state index contributed by atoms with van der Waals surface area (Å²) in [5.74, 6) is 0.476. The molecule has 146 valence electrons. The summed E-state index contributed by atoms with van der Waals surface area (Å²) in [6.07, 6.45) is 1.83. The van der Waals surface area contributed by atoms with E-state index in [9.17, 15) is 4.79 Å². The number of nitrogens with zero attached hydrogens (tertiary/aromatic N) is 3. The van der Waals surface area contributed by atoms with Crippen LogP contribution in [0.25, 0.3) is 16.9 Å². The molecule has 0 bridgehead atoms. The molecule has 0 fully saturated rings. The SMILES string of the molecule is COC(=O)c1cc(CSc2ncc(-c3ccccc3)n2-c2cccc(Cl)c2)on1. The second-order valence-corrected chi connectivity index (χ2v) is 7.44. The molecule has 0 N–H and O–H groups in total. The van der Waals surface area contributed by atoms with E-state index < -0.39 is 5.97 Å². The Morgan fingerprint density at radius 1 is 1.17 bits per heavy atom. The van der Waals surface area contributed by atoms with Gasteiger partial charge in [-0.05, 0) is 18.2 Å². The van der Waals surface area contributed by atoms with Crippen LogP contribution >= 0.6 is 23.4 Å². The Bertz CT molecular complexity index is 1140. The van der Waals surface area contributed by atoms with Crippen LogP contribution in [0.15, 0.2) is 76.5 Å². The van der Waals surface area contributed by atoms with Crippen molar-refractivity contribution in [3.05, 3.63) is 83.3 Å². The Hall–Kier alpha value is -3.03. The molecule has 4 aromatic rings. The lowest BCUT2D eigenvalue weighted by atomic mass is 10.1. The first-order valence-electron chi connectivity index (χ1n) is 8.71. The lowest BCUT2D eigenvalue weighted by Crippen LogP contribution is -2.00. The van der Waals surface area contributed by atoms with Crippen molar-refractivity contribution in [2.75, 3.05) is 7.11 Å². The normalized spacial score (nSPS) is 10.8. The van der Waals surface area contributed by atoms with Crippen molar-refractivity contribution >= 4 is 29.3 Å². The summed E-state index contributed by atoms with van der Waals surface area (Å²) >= 11 is 7.70. The van der Waals surface area contributed by atoms with Crippen LogP contribution in [-0.4, -0.2) is 27.8 Å². The average molecular weight is 426 g/mol. The van der Waals surface area contributed by atoms with Crippen LogP contribution in [0.2, 0.25) is 5.02 Å². The van der Waals surface area contributed by atoms with E-state index in [1.54, 1.807) is 6.07 Å². The van der Waals surface area contributed by atoms with Gasteiger partial charge in [0.2, 0.25) is 0 Å². The first-order valence-corrected chi connectivity index (χ1v) is 10.1. The summed E-state index contributed by atoms with van der Waals surface area (Å²) in [5.41, 5.74) is 3.04. The number of imidazole rings is 1. The number of halogens is 1. The van der Waals surface area contributed by atoms with E-state index in [-0.39, 0.29) is 5.69 Å². The van der Waals surface area contributed by atoms with Gasteiger partial charge in [0.1, 0.15) is 5.76 Å². The van der Waals surface area contributed by atoms with Gasteiger partial charge in [-0.3, -0.25) is 4.57 Å². The Kier molecular flexibility index (Phi) is 5.69. The number of thioether (sulfide) groups is 1. The van der Waals surface area contributed by atoms with Gasteiger partial charge in [-0.2, -0.15) is 0 Å². The minimum atomic E-state index is -0.531. The van der Waals surface area contributed by atoms with Gasteiger partial charge in [-0.15, -0.1) is 0 Å². The first-order chi connectivity index (χ1) is 14.2. The lowest BCUT2D eigenvalue weighted by Gasteiger charge is -2.12. The van der Waals surface area contributed by atoms with Crippen molar-refractivity contribution in [1.29, 1.82) is 0 Å². The average Bonchev–Trinajstić information content (AvgIpc) is 3.39. The number of carbonyl (C=O) groups excluding carboxylic acids is 1.